The molecule has 0 atom stereocenters. The molecule has 0 aliphatic rings. The van der Waals surface area contributed by atoms with Crippen molar-refractivity contribution in [2.45, 2.75) is 12.8 Å². The highest BCUT2D eigenvalue weighted by Gasteiger charge is 2.18. The number of nitrogens with zero attached hydrogens (tertiary/aromatic N) is 2. The van der Waals surface area contributed by atoms with Crippen molar-refractivity contribution >= 4 is 29.0 Å². The smallest absolute Gasteiger partial charge is 0.196 e. The predicted molar refractivity (Wildman–Crippen MR) is 120 cm³/mol. The van der Waals surface area contributed by atoms with Crippen LogP contribution in [0.3, 0.4) is 0 Å². The SMILES string of the molecule is O=C(c1cccnc1Cc1ccc(Cl)cc1)c1cccnc1Cc1ccc(Cl)cc1. The Bertz CT molecular complexity index is 1080. The van der Waals surface area contributed by atoms with E-state index in [4.69, 9.17) is 23.2 Å². The number of halogens is 2. The maximum atomic E-state index is 13.5. The van der Waals surface area contributed by atoms with Crippen LogP contribution in [0.1, 0.15) is 38.4 Å². The molecule has 2 heterocycles. The van der Waals surface area contributed by atoms with Gasteiger partial charge in [-0.3, -0.25) is 14.8 Å². The molecule has 0 radical (unpaired) electrons. The molecule has 0 bridgehead atoms. The number of ketones is 1. The third-order valence-corrected chi connectivity index (χ3v) is 5.34. The van der Waals surface area contributed by atoms with Crippen molar-refractivity contribution in [2.75, 3.05) is 0 Å². The molecular formula is C25H18Cl2N2O. The molecule has 0 aliphatic heterocycles. The molecule has 0 aliphatic carbocycles. The minimum Gasteiger partial charge on any atom is -0.288 e. The van der Waals surface area contributed by atoms with Gasteiger partial charge in [0, 0.05) is 46.4 Å². The first-order chi connectivity index (χ1) is 14.6. The molecule has 2 aromatic carbocycles. The van der Waals surface area contributed by atoms with Crippen molar-refractivity contribution in [3.63, 3.8) is 0 Å². The van der Waals surface area contributed by atoms with Crippen molar-refractivity contribution in [1.29, 1.82) is 0 Å². The Morgan fingerprint density at radius 3 is 1.43 bits per heavy atom. The van der Waals surface area contributed by atoms with Gasteiger partial charge < -0.3 is 0 Å². The highest BCUT2D eigenvalue weighted by atomic mass is 35.5. The van der Waals surface area contributed by atoms with Gasteiger partial charge in [0.15, 0.2) is 5.78 Å². The van der Waals surface area contributed by atoms with Gasteiger partial charge in [-0.15, -0.1) is 0 Å². The van der Waals surface area contributed by atoms with Crippen LogP contribution in [0, 0.1) is 0 Å². The van der Waals surface area contributed by atoms with E-state index in [1.807, 2.05) is 60.7 Å². The largest absolute Gasteiger partial charge is 0.288 e. The molecule has 0 saturated heterocycles. The van der Waals surface area contributed by atoms with E-state index in [9.17, 15) is 4.79 Å². The van der Waals surface area contributed by atoms with E-state index in [0.29, 0.717) is 34.0 Å². The summed E-state index contributed by atoms with van der Waals surface area (Å²) < 4.78 is 0. The van der Waals surface area contributed by atoms with E-state index in [-0.39, 0.29) is 5.78 Å². The van der Waals surface area contributed by atoms with Crippen molar-refractivity contribution in [2.24, 2.45) is 0 Å². The van der Waals surface area contributed by atoms with Gasteiger partial charge in [0.2, 0.25) is 0 Å². The monoisotopic (exact) mass is 432 g/mol. The van der Waals surface area contributed by atoms with E-state index in [1.54, 1.807) is 24.5 Å². The van der Waals surface area contributed by atoms with Crippen molar-refractivity contribution < 1.29 is 4.79 Å². The number of rotatable bonds is 6. The molecule has 0 N–H and O–H groups in total. The predicted octanol–water partition coefficient (Wildman–Crippen LogP) is 6.20. The lowest BCUT2D eigenvalue weighted by Gasteiger charge is -2.11. The summed E-state index contributed by atoms with van der Waals surface area (Å²) in [5.74, 6) is -0.0795. The number of hydrogen-bond donors (Lipinski definition) is 0. The number of benzene rings is 2. The van der Waals surface area contributed by atoms with Crippen molar-refractivity contribution in [3.8, 4) is 0 Å². The van der Waals surface area contributed by atoms with Crippen LogP contribution in [0.5, 0.6) is 0 Å². The van der Waals surface area contributed by atoms with Gasteiger partial charge in [-0.05, 0) is 59.7 Å². The Morgan fingerprint density at radius 1 is 0.633 bits per heavy atom. The summed E-state index contributed by atoms with van der Waals surface area (Å²) in [5.41, 5.74) is 4.70. The van der Waals surface area contributed by atoms with Crippen LogP contribution in [-0.2, 0) is 12.8 Å². The van der Waals surface area contributed by atoms with Gasteiger partial charge in [0.25, 0.3) is 0 Å². The number of carbonyl (C=O) groups is 1. The van der Waals surface area contributed by atoms with Crippen LogP contribution < -0.4 is 0 Å². The highest BCUT2D eigenvalue weighted by molar-refractivity contribution is 6.30. The molecule has 0 unspecified atom stereocenters. The third-order valence-electron chi connectivity index (χ3n) is 4.84. The van der Waals surface area contributed by atoms with Gasteiger partial charge in [-0.1, -0.05) is 47.5 Å². The van der Waals surface area contributed by atoms with Gasteiger partial charge >= 0.3 is 0 Å². The van der Waals surface area contributed by atoms with Gasteiger partial charge in [-0.25, -0.2) is 0 Å². The van der Waals surface area contributed by atoms with Crippen molar-refractivity contribution in [3.05, 3.63) is 129 Å². The lowest BCUT2D eigenvalue weighted by atomic mass is 9.95. The Hall–Kier alpha value is -3.01. The Balaban J connectivity index is 1.65. The quantitative estimate of drug-likeness (QED) is 0.340. The maximum absolute atomic E-state index is 13.5. The van der Waals surface area contributed by atoms with Crippen LogP contribution in [-0.4, -0.2) is 15.8 Å². The summed E-state index contributed by atoms with van der Waals surface area (Å²) in [6.45, 7) is 0. The van der Waals surface area contributed by atoms with Crippen molar-refractivity contribution in [1.82, 2.24) is 9.97 Å². The minimum atomic E-state index is -0.0795. The first kappa shape index (κ1) is 20.3. The molecule has 0 amide bonds. The number of hydrogen-bond acceptors (Lipinski definition) is 3. The van der Waals surface area contributed by atoms with Gasteiger partial charge in [0.05, 0.1) is 11.4 Å². The van der Waals surface area contributed by atoms with Crippen LogP contribution in [0.4, 0.5) is 0 Å². The zero-order valence-electron chi connectivity index (χ0n) is 16.1. The molecular weight excluding hydrogens is 415 g/mol. The van der Waals surface area contributed by atoms with E-state index in [0.717, 1.165) is 22.5 Å². The molecule has 0 saturated carbocycles. The molecule has 30 heavy (non-hydrogen) atoms. The lowest BCUT2D eigenvalue weighted by molar-refractivity contribution is 0.103. The average Bonchev–Trinajstić information content (AvgIpc) is 2.77. The fourth-order valence-corrected chi connectivity index (χ4v) is 3.56. The average molecular weight is 433 g/mol. The lowest BCUT2D eigenvalue weighted by Crippen LogP contribution is -2.11. The first-order valence-electron chi connectivity index (χ1n) is 9.51. The Kier molecular flexibility index (Phi) is 6.22. The molecule has 2 aromatic heterocycles. The minimum absolute atomic E-state index is 0.0795. The molecule has 148 valence electrons. The zero-order valence-corrected chi connectivity index (χ0v) is 17.6. The first-order valence-corrected chi connectivity index (χ1v) is 10.3. The zero-order chi connectivity index (χ0) is 20.9. The molecule has 0 spiro atoms. The second-order valence-corrected chi connectivity index (χ2v) is 7.80. The summed E-state index contributed by atoms with van der Waals surface area (Å²) in [6, 6.07) is 22.4. The van der Waals surface area contributed by atoms with Gasteiger partial charge in [0.1, 0.15) is 0 Å². The van der Waals surface area contributed by atoms with E-state index >= 15 is 0 Å². The van der Waals surface area contributed by atoms with Gasteiger partial charge in [-0.2, -0.15) is 0 Å². The molecule has 5 heteroatoms. The maximum Gasteiger partial charge on any atom is 0.196 e. The number of pyridine rings is 2. The highest BCUT2D eigenvalue weighted by Crippen LogP contribution is 2.21. The molecule has 4 aromatic rings. The Labute approximate surface area is 185 Å². The Morgan fingerprint density at radius 2 is 1.03 bits per heavy atom. The topological polar surface area (TPSA) is 42.9 Å². The second-order valence-electron chi connectivity index (χ2n) is 6.93. The third kappa shape index (κ3) is 4.76. The van der Waals surface area contributed by atoms with E-state index in [2.05, 4.69) is 9.97 Å². The van der Waals surface area contributed by atoms with E-state index in [1.165, 1.54) is 0 Å². The van der Waals surface area contributed by atoms with Crippen LogP contribution in [0.25, 0.3) is 0 Å². The summed E-state index contributed by atoms with van der Waals surface area (Å²) in [6.07, 6.45) is 4.51. The molecule has 0 fully saturated rings. The second kappa shape index (κ2) is 9.21. The summed E-state index contributed by atoms with van der Waals surface area (Å²) in [7, 11) is 0. The molecule has 4 rings (SSSR count). The van der Waals surface area contributed by atoms with Crippen LogP contribution in [0.2, 0.25) is 10.0 Å². The standard InChI is InChI=1S/C25H18Cl2N2O/c26-19-9-5-17(6-10-19)15-23-21(3-1-13-28-23)25(30)22-4-2-14-29-24(22)16-18-7-11-20(27)12-8-18/h1-14H,15-16H2. The van der Waals surface area contributed by atoms with E-state index < -0.39 is 0 Å². The normalized spacial score (nSPS) is 10.7. The number of aromatic nitrogens is 2. The summed E-state index contributed by atoms with van der Waals surface area (Å²) in [4.78, 5) is 22.4. The number of carbonyl (C=O) groups excluding carboxylic acids is 1. The summed E-state index contributed by atoms with van der Waals surface area (Å²) in [5, 5.41) is 1.36. The fourth-order valence-electron chi connectivity index (χ4n) is 3.31. The molecule has 3 nitrogen and oxygen atoms in total. The fraction of sp³-hybridized carbons (Fsp3) is 0.0800. The van der Waals surface area contributed by atoms with Crippen LogP contribution >= 0.6 is 23.2 Å². The summed E-state index contributed by atoms with van der Waals surface area (Å²) >= 11 is 12.0. The van der Waals surface area contributed by atoms with Crippen LogP contribution in [0.15, 0.2) is 85.2 Å².